The fourth-order valence-electron chi connectivity index (χ4n) is 4.44. The number of ketones is 1. The van der Waals surface area contributed by atoms with E-state index in [0.29, 0.717) is 15.1 Å². The average Bonchev–Trinajstić information content (AvgIpc) is 3.01. The number of nitrogens with zero attached hydrogens (tertiary/aromatic N) is 2. The van der Waals surface area contributed by atoms with Crippen LogP contribution in [0.2, 0.25) is 0 Å². The van der Waals surface area contributed by atoms with Gasteiger partial charge in [0.25, 0.3) is 5.56 Å². The minimum Gasteiger partial charge on any atom is -0.497 e. The van der Waals surface area contributed by atoms with E-state index >= 15 is 0 Å². The highest BCUT2D eigenvalue weighted by Crippen LogP contribution is 2.47. The first-order chi connectivity index (χ1) is 14.4. The van der Waals surface area contributed by atoms with Crippen LogP contribution in [0.15, 0.2) is 58.3 Å². The van der Waals surface area contributed by atoms with Crippen LogP contribution in [0.25, 0.3) is 6.08 Å². The maximum Gasteiger partial charge on any atom is 0.270 e. The standard InChI is InChI=1S/C23H20N2O4S/c1-13(26)19-20-16-9-4-5-10-17(16)29-23(19,2)24-22-25(20)21(27)18(30-22)12-14-7-6-8-15(11-14)28-3/h4-12,19-20H,1-3H3/b18-12-/t19-,20+,23-/m1/s1. The van der Waals surface area contributed by atoms with Crippen molar-refractivity contribution in [3.8, 4) is 11.5 Å². The van der Waals surface area contributed by atoms with Crippen LogP contribution in [0.3, 0.4) is 0 Å². The number of methoxy groups -OCH3 is 1. The molecule has 0 unspecified atom stereocenters. The zero-order chi connectivity index (χ0) is 21.0. The number of fused-ring (bicyclic) bond motifs is 6. The lowest BCUT2D eigenvalue weighted by atomic mass is 9.79. The van der Waals surface area contributed by atoms with Crippen LogP contribution in [0, 0.1) is 5.92 Å². The van der Waals surface area contributed by atoms with Crippen LogP contribution >= 0.6 is 11.3 Å². The predicted octanol–water partition coefficient (Wildman–Crippen LogP) is 2.28. The van der Waals surface area contributed by atoms with Gasteiger partial charge in [0, 0.05) is 5.56 Å². The van der Waals surface area contributed by atoms with Gasteiger partial charge in [-0.05, 0) is 43.7 Å². The predicted molar refractivity (Wildman–Crippen MR) is 114 cm³/mol. The van der Waals surface area contributed by atoms with Gasteiger partial charge in [-0.2, -0.15) is 0 Å². The zero-order valence-electron chi connectivity index (χ0n) is 16.8. The molecule has 5 rings (SSSR count). The molecule has 0 N–H and O–H groups in total. The fraction of sp³-hybridized carbons (Fsp3) is 0.261. The van der Waals surface area contributed by atoms with E-state index in [0.717, 1.165) is 16.9 Å². The van der Waals surface area contributed by atoms with E-state index in [1.54, 1.807) is 11.7 Å². The second-order valence-electron chi connectivity index (χ2n) is 7.68. The molecule has 3 atom stereocenters. The van der Waals surface area contributed by atoms with Crippen LogP contribution in [0.5, 0.6) is 11.5 Å². The number of hydrogen-bond acceptors (Lipinski definition) is 6. The number of aromatic nitrogens is 1. The molecular formula is C23H20N2O4S. The van der Waals surface area contributed by atoms with Crippen LogP contribution in [-0.2, 0) is 4.79 Å². The van der Waals surface area contributed by atoms with E-state index in [-0.39, 0.29) is 11.3 Å². The Morgan fingerprint density at radius 2 is 2.07 bits per heavy atom. The van der Waals surface area contributed by atoms with Gasteiger partial charge in [0.2, 0.25) is 5.72 Å². The largest absolute Gasteiger partial charge is 0.497 e. The van der Waals surface area contributed by atoms with E-state index in [1.807, 2.05) is 61.5 Å². The van der Waals surface area contributed by atoms with Gasteiger partial charge >= 0.3 is 0 Å². The first-order valence-corrected chi connectivity index (χ1v) is 10.5. The summed E-state index contributed by atoms with van der Waals surface area (Å²) in [5.41, 5.74) is 0.491. The number of hydrogen-bond donors (Lipinski definition) is 0. The van der Waals surface area contributed by atoms with E-state index in [1.165, 1.54) is 18.3 Å². The van der Waals surface area contributed by atoms with Crippen molar-refractivity contribution in [1.29, 1.82) is 0 Å². The van der Waals surface area contributed by atoms with Crippen molar-refractivity contribution in [1.82, 2.24) is 4.57 Å². The van der Waals surface area contributed by atoms with Crippen LogP contribution in [0.4, 0.5) is 0 Å². The van der Waals surface area contributed by atoms with E-state index in [9.17, 15) is 9.59 Å². The van der Waals surface area contributed by atoms with Crippen molar-refractivity contribution in [3.05, 3.63) is 79.3 Å². The van der Waals surface area contributed by atoms with Crippen molar-refractivity contribution >= 4 is 23.2 Å². The third-order valence-corrected chi connectivity index (χ3v) is 6.69. The third kappa shape index (κ3) is 2.73. The fourth-order valence-corrected chi connectivity index (χ4v) is 5.54. The molecule has 0 aliphatic carbocycles. The summed E-state index contributed by atoms with van der Waals surface area (Å²) >= 11 is 1.31. The molecule has 2 bridgehead atoms. The quantitative estimate of drug-likeness (QED) is 0.652. The van der Waals surface area contributed by atoms with Crippen molar-refractivity contribution < 1.29 is 14.3 Å². The lowest BCUT2D eigenvalue weighted by Gasteiger charge is -2.45. The molecule has 0 saturated heterocycles. The summed E-state index contributed by atoms with van der Waals surface area (Å²) in [5, 5.41) is 0. The number of rotatable bonds is 3. The van der Waals surface area contributed by atoms with Gasteiger partial charge in [0.1, 0.15) is 23.2 Å². The van der Waals surface area contributed by atoms with Crippen molar-refractivity contribution in [2.24, 2.45) is 10.9 Å². The third-order valence-electron chi connectivity index (χ3n) is 5.71. The summed E-state index contributed by atoms with van der Waals surface area (Å²) < 4.78 is 13.7. The average molecular weight is 420 g/mol. The molecule has 2 aliphatic rings. The monoisotopic (exact) mass is 420 g/mol. The highest BCUT2D eigenvalue weighted by atomic mass is 32.1. The molecule has 152 valence electrons. The smallest absolute Gasteiger partial charge is 0.270 e. The highest BCUT2D eigenvalue weighted by Gasteiger charge is 2.53. The van der Waals surface area contributed by atoms with Gasteiger partial charge < -0.3 is 9.47 Å². The number of benzene rings is 2. The van der Waals surface area contributed by atoms with Crippen LogP contribution < -0.4 is 24.4 Å². The second kappa shape index (κ2) is 6.67. The minimum absolute atomic E-state index is 0.0529. The molecule has 7 heteroatoms. The number of ether oxygens (including phenoxy) is 2. The molecule has 0 amide bonds. The number of Topliss-reactive ketones (excluding diaryl/α,β-unsaturated/α-hetero) is 1. The molecule has 6 nitrogen and oxygen atoms in total. The lowest BCUT2D eigenvalue weighted by molar-refractivity contribution is -0.132. The Morgan fingerprint density at radius 1 is 1.27 bits per heavy atom. The van der Waals surface area contributed by atoms with Gasteiger partial charge in [-0.25, -0.2) is 4.99 Å². The van der Waals surface area contributed by atoms with Crippen molar-refractivity contribution in [2.45, 2.75) is 25.6 Å². The summed E-state index contributed by atoms with van der Waals surface area (Å²) in [6, 6.07) is 14.6. The molecule has 3 aromatic rings. The van der Waals surface area contributed by atoms with Crippen LogP contribution in [0.1, 0.15) is 31.0 Å². The lowest BCUT2D eigenvalue weighted by Crippen LogP contribution is -2.58. The second-order valence-corrected chi connectivity index (χ2v) is 8.69. The first-order valence-electron chi connectivity index (χ1n) is 9.67. The van der Waals surface area contributed by atoms with E-state index < -0.39 is 17.7 Å². The van der Waals surface area contributed by atoms with E-state index in [2.05, 4.69) is 0 Å². The van der Waals surface area contributed by atoms with Gasteiger partial charge in [-0.15, -0.1) is 0 Å². The van der Waals surface area contributed by atoms with Gasteiger partial charge in [0.05, 0.1) is 17.7 Å². The molecule has 2 aromatic carbocycles. The Bertz CT molecular complexity index is 1360. The Balaban J connectivity index is 1.78. The van der Waals surface area contributed by atoms with Crippen molar-refractivity contribution in [2.75, 3.05) is 7.11 Å². The van der Waals surface area contributed by atoms with Crippen molar-refractivity contribution in [3.63, 3.8) is 0 Å². The number of thiazole rings is 1. The molecule has 30 heavy (non-hydrogen) atoms. The Kier molecular flexibility index (Phi) is 4.18. The molecule has 0 radical (unpaired) electrons. The van der Waals surface area contributed by atoms with E-state index in [4.69, 9.17) is 14.5 Å². The molecule has 1 aromatic heterocycles. The topological polar surface area (TPSA) is 69.9 Å². The number of carbonyl (C=O) groups is 1. The molecule has 0 saturated carbocycles. The Labute approximate surface area is 176 Å². The molecular weight excluding hydrogens is 400 g/mol. The molecule has 2 aliphatic heterocycles. The molecule has 0 fully saturated rings. The highest BCUT2D eigenvalue weighted by molar-refractivity contribution is 7.07. The van der Waals surface area contributed by atoms with Gasteiger partial charge in [-0.1, -0.05) is 41.7 Å². The summed E-state index contributed by atoms with van der Waals surface area (Å²) in [4.78, 5) is 31.4. The number of para-hydroxylation sites is 1. The van der Waals surface area contributed by atoms with Gasteiger partial charge in [0.15, 0.2) is 4.80 Å². The SMILES string of the molecule is COc1cccc(/C=c2\sc3n(c2=O)[C@H]2c4ccccc4O[C@@](C)(N=3)[C@@H]2C(C)=O)c1. The number of carbonyl (C=O) groups excluding carboxylic acids is 1. The summed E-state index contributed by atoms with van der Waals surface area (Å²) in [5.74, 6) is 0.755. The molecule has 3 heterocycles. The van der Waals surface area contributed by atoms with Crippen LogP contribution in [-0.4, -0.2) is 23.2 Å². The normalized spacial score (nSPS) is 24.3. The first kappa shape index (κ1) is 18.8. The maximum atomic E-state index is 13.5. The summed E-state index contributed by atoms with van der Waals surface area (Å²) in [6.07, 6.45) is 1.83. The molecule has 0 spiro atoms. The maximum absolute atomic E-state index is 13.5. The summed E-state index contributed by atoms with van der Waals surface area (Å²) in [7, 11) is 1.61. The Hall–Kier alpha value is -3.19. The minimum atomic E-state index is -1.05. The van der Waals surface area contributed by atoms with Gasteiger partial charge in [-0.3, -0.25) is 14.2 Å². The zero-order valence-corrected chi connectivity index (χ0v) is 17.6. The Morgan fingerprint density at radius 3 is 2.83 bits per heavy atom. The summed E-state index contributed by atoms with van der Waals surface area (Å²) in [6.45, 7) is 3.36.